The number of hydrogen-bond acceptors (Lipinski definition) is 2. The summed E-state index contributed by atoms with van der Waals surface area (Å²) in [5, 5.41) is 0. The monoisotopic (exact) mass is 336 g/mol. The van der Waals surface area contributed by atoms with Crippen molar-refractivity contribution in [3.05, 3.63) is 0 Å². The molecule has 0 aliphatic rings. The minimum atomic E-state index is -2.40. The maximum atomic E-state index is 2.79. The molecule has 0 aliphatic heterocycles. The Morgan fingerprint density at radius 2 is 1.00 bits per heavy atom. The van der Waals surface area contributed by atoms with Crippen molar-refractivity contribution in [2.24, 2.45) is 0 Å². The summed E-state index contributed by atoms with van der Waals surface area (Å²) in [5.74, 6) is 0. The van der Waals surface area contributed by atoms with E-state index in [-0.39, 0.29) is 0 Å². The Labute approximate surface area is 108 Å². The van der Waals surface area contributed by atoms with Crippen molar-refractivity contribution < 1.29 is 0 Å². The van der Waals surface area contributed by atoms with Crippen molar-refractivity contribution in [3.8, 4) is 0 Å². The Bertz CT molecular complexity index is 179. The molecule has 16 heavy (non-hydrogen) atoms. The van der Waals surface area contributed by atoms with Gasteiger partial charge in [0.25, 0.3) is 0 Å². The molecule has 0 aromatic carbocycles. The fraction of sp³-hybridized carbons (Fsp3) is 1.00. The van der Waals surface area contributed by atoms with E-state index >= 15 is 0 Å². The van der Waals surface area contributed by atoms with Gasteiger partial charge in [-0.2, -0.15) is 0 Å². The molecule has 0 aromatic heterocycles. The van der Waals surface area contributed by atoms with Crippen molar-refractivity contribution in [1.82, 2.24) is 6.24 Å². The molecule has 0 unspecified atom stereocenters. The van der Waals surface area contributed by atoms with Gasteiger partial charge in [0.1, 0.15) is 0 Å². The minimum absolute atomic E-state index is 0.465. The van der Waals surface area contributed by atoms with Crippen molar-refractivity contribution in [2.45, 2.75) is 56.8 Å². The van der Waals surface area contributed by atoms with E-state index in [1.165, 1.54) is 26.2 Å². The Kier molecular flexibility index (Phi) is 6.89. The van der Waals surface area contributed by atoms with Gasteiger partial charge in [-0.25, -0.2) is 0 Å². The van der Waals surface area contributed by atoms with E-state index in [1.54, 1.807) is 0 Å². The Hall–Kier alpha value is 0.719. The van der Waals surface area contributed by atoms with Crippen LogP contribution in [0.15, 0.2) is 0 Å². The van der Waals surface area contributed by atoms with Gasteiger partial charge in [0.15, 0.2) is 0 Å². The van der Waals surface area contributed by atoms with Crippen LogP contribution in [0.3, 0.4) is 0 Å². The zero-order valence-corrected chi connectivity index (χ0v) is 15.6. The molecule has 2 nitrogen and oxygen atoms in total. The van der Waals surface area contributed by atoms with Crippen LogP contribution >= 0.6 is 0 Å². The Balaban J connectivity index is 5.33. The second kappa shape index (κ2) is 6.60. The van der Waals surface area contributed by atoms with Crippen LogP contribution in [-0.4, -0.2) is 51.3 Å². The van der Waals surface area contributed by atoms with Crippen LogP contribution in [0.2, 0.25) is 8.37 Å². The first-order chi connectivity index (χ1) is 7.29. The molecule has 0 spiro atoms. The molecule has 0 aliphatic carbocycles. The van der Waals surface area contributed by atoms with E-state index < -0.39 is 18.9 Å². The van der Waals surface area contributed by atoms with Gasteiger partial charge >= 0.3 is 108 Å². The van der Waals surface area contributed by atoms with Crippen LogP contribution in [0.5, 0.6) is 0 Å². The van der Waals surface area contributed by atoms with Crippen molar-refractivity contribution in [1.29, 1.82) is 0 Å². The van der Waals surface area contributed by atoms with Crippen LogP contribution in [0.4, 0.5) is 0 Å². The third kappa shape index (κ3) is 3.14. The van der Waals surface area contributed by atoms with Gasteiger partial charge < -0.3 is 0 Å². The molecule has 0 rings (SSSR count). The van der Waals surface area contributed by atoms with Crippen LogP contribution in [0, 0.1) is 0 Å². The summed E-state index contributed by atoms with van der Waals surface area (Å²) >= 11 is -2.40. The SMILES string of the molecule is CC[N](CC)[Sn]([CH3])([N](CC)CC)[C](C)(C)C. The number of hydrogen-bond donors (Lipinski definition) is 0. The molecule has 0 heterocycles. The summed E-state index contributed by atoms with van der Waals surface area (Å²) in [4.78, 5) is 2.61. The predicted octanol–water partition coefficient (Wildman–Crippen LogP) is 3.54. The second-order valence-corrected chi connectivity index (χ2v) is 19.3. The average Bonchev–Trinajstić information content (AvgIpc) is 2.19. The normalized spacial score (nSPS) is 13.9. The second-order valence-electron chi connectivity index (χ2n) is 5.62. The molecule has 0 atom stereocenters. The number of rotatable bonds is 6. The number of nitrogens with zero attached hydrogens (tertiary/aromatic N) is 2. The summed E-state index contributed by atoms with van der Waals surface area (Å²) in [5.41, 5.74) is 0. The molecule has 3 heteroatoms. The van der Waals surface area contributed by atoms with Gasteiger partial charge in [0.2, 0.25) is 0 Å². The van der Waals surface area contributed by atoms with E-state index in [0.29, 0.717) is 3.43 Å². The summed E-state index contributed by atoms with van der Waals surface area (Å²) in [6.45, 7) is 21.4. The fourth-order valence-corrected chi connectivity index (χ4v) is 16.4. The van der Waals surface area contributed by atoms with Crippen LogP contribution in [0.1, 0.15) is 48.5 Å². The van der Waals surface area contributed by atoms with E-state index in [9.17, 15) is 0 Å². The van der Waals surface area contributed by atoms with Crippen molar-refractivity contribution >= 4 is 18.9 Å². The van der Waals surface area contributed by atoms with Gasteiger partial charge in [0, 0.05) is 0 Å². The van der Waals surface area contributed by atoms with Gasteiger partial charge in [-0.05, 0) is 0 Å². The molecule has 0 amide bonds. The third-order valence-electron chi connectivity index (χ3n) is 4.18. The maximum absolute atomic E-state index is 2.79. The van der Waals surface area contributed by atoms with Gasteiger partial charge in [-0.3, -0.25) is 0 Å². The predicted molar refractivity (Wildman–Crippen MR) is 77.2 cm³/mol. The van der Waals surface area contributed by atoms with Crippen molar-refractivity contribution in [2.75, 3.05) is 26.2 Å². The molecule has 0 aromatic rings. The van der Waals surface area contributed by atoms with E-state index in [2.05, 4.69) is 59.6 Å². The molecule has 0 radical (unpaired) electrons. The first-order valence-electron chi connectivity index (χ1n) is 6.79. The summed E-state index contributed by atoms with van der Waals surface area (Å²) in [6.07, 6.45) is 0. The van der Waals surface area contributed by atoms with Crippen LogP contribution in [-0.2, 0) is 0 Å². The first kappa shape index (κ1) is 16.7. The summed E-state index contributed by atoms with van der Waals surface area (Å²) in [6, 6.07) is 0. The molecule has 0 N–H and O–H groups in total. The molecule has 0 fully saturated rings. The molecular weight excluding hydrogens is 303 g/mol. The standard InChI is InChI=1S/2C4H10N.C4H9.CH3.Sn/c2*1-3-5-4-2;1-4(2)3;;/h2*3-4H2,1-2H3;1-3H3;1H3;/q2*-1;;;+2. The van der Waals surface area contributed by atoms with Crippen LogP contribution in [0.25, 0.3) is 0 Å². The Morgan fingerprint density at radius 1 is 0.750 bits per heavy atom. The van der Waals surface area contributed by atoms with Gasteiger partial charge in [-0.1, -0.05) is 0 Å². The zero-order valence-electron chi connectivity index (χ0n) is 12.7. The molecule has 0 saturated carbocycles. The molecule has 0 bridgehead atoms. The van der Waals surface area contributed by atoms with Gasteiger partial charge in [0.05, 0.1) is 0 Å². The molecular formula is C13H32N2Sn. The molecule has 0 saturated heterocycles. The van der Waals surface area contributed by atoms with E-state index in [4.69, 9.17) is 0 Å². The average molecular weight is 335 g/mol. The van der Waals surface area contributed by atoms with E-state index in [1.807, 2.05) is 0 Å². The topological polar surface area (TPSA) is 6.48 Å². The third-order valence-corrected chi connectivity index (χ3v) is 22.9. The van der Waals surface area contributed by atoms with Gasteiger partial charge in [-0.15, -0.1) is 0 Å². The Morgan fingerprint density at radius 3 is 1.12 bits per heavy atom. The molecule has 98 valence electrons. The first-order valence-corrected chi connectivity index (χ1v) is 13.6. The van der Waals surface area contributed by atoms with E-state index in [0.717, 1.165) is 0 Å². The fourth-order valence-electron chi connectivity index (χ4n) is 2.83. The zero-order chi connectivity index (χ0) is 13.0. The summed E-state index contributed by atoms with van der Waals surface area (Å²) in [7, 11) is 0. The summed E-state index contributed by atoms with van der Waals surface area (Å²) < 4.78 is 6.05. The quantitative estimate of drug-likeness (QED) is 0.685. The van der Waals surface area contributed by atoms with Crippen molar-refractivity contribution in [3.63, 3.8) is 0 Å². The van der Waals surface area contributed by atoms with Crippen LogP contribution < -0.4 is 0 Å².